The van der Waals surface area contributed by atoms with E-state index in [4.69, 9.17) is 17.2 Å². The maximum atomic E-state index is 13.7. The summed E-state index contributed by atoms with van der Waals surface area (Å²) in [6, 6.07) is 14.4. The molecule has 48 heavy (non-hydrogen) atoms. The largest absolute Gasteiger partial charge is 0.480 e. The SMILES string of the molecule is C=CCC(NC(=O)C(Cc1ccccc1)NC(=O)C(N)Cc1ccccc1)C(=O)NC(CCCCN)C(=O)N1CCC(N)(C(=O)O)CC1. The Morgan fingerprint density at radius 1 is 0.812 bits per heavy atom. The number of rotatable bonds is 18. The van der Waals surface area contributed by atoms with Gasteiger partial charge in [-0.2, -0.15) is 0 Å². The number of amides is 4. The predicted octanol–water partition coefficient (Wildman–Crippen LogP) is 0.363. The van der Waals surface area contributed by atoms with Crippen molar-refractivity contribution >= 4 is 29.6 Å². The number of likely N-dealkylation sites (tertiary alicyclic amines) is 1. The van der Waals surface area contributed by atoms with Gasteiger partial charge in [0.05, 0.1) is 6.04 Å². The Morgan fingerprint density at radius 2 is 1.33 bits per heavy atom. The van der Waals surface area contributed by atoms with Crippen molar-refractivity contribution in [3.8, 4) is 0 Å². The number of hydrogen-bond acceptors (Lipinski definition) is 8. The van der Waals surface area contributed by atoms with Gasteiger partial charge < -0.3 is 43.2 Å². The quantitative estimate of drug-likeness (QED) is 0.0863. The molecule has 2 aromatic rings. The maximum absolute atomic E-state index is 13.7. The highest BCUT2D eigenvalue weighted by molar-refractivity contribution is 5.95. The van der Waals surface area contributed by atoms with E-state index in [0.717, 1.165) is 11.1 Å². The van der Waals surface area contributed by atoms with Crippen molar-refractivity contribution in [2.24, 2.45) is 17.2 Å². The van der Waals surface area contributed by atoms with Crippen LogP contribution in [0.1, 0.15) is 49.7 Å². The molecule has 13 heteroatoms. The summed E-state index contributed by atoms with van der Waals surface area (Å²) in [6.45, 7) is 4.39. The molecule has 0 aromatic heterocycles. The third-order valence-electron chi connectivity index (χ3n) is 8.54. The highest BCUT2D eigenvalue weighted by Crippen LogP contribution is 2.21. The van der Waals surface area contributed by atoms with Gasteiger partial charge in [0, 0.05) is 19.5 Å². The molecule has 1 heterocycles. The fraction of sp³-hybridized carbons (Fsp3) is 0.457. The predicted molar refractivity (Wildman–Crippen MR) is 182 cm³/mol. The van der Waals surface area contributed by atoms with Gasteiger partial charge in [-0.3, -0.25) is 24.0 Å². The van der Waals surface area contributed by atoms with Crippen molar-refractivity contribution in [3.63, 3.8) is 0 Å². The molecule has 3 rings (SSSR count). The number of carbonyl (C=O) groups is 5. The molecule has 4 atom stereocenters. The van der Waals surface area contributed by atoms with Crippen LogP contribution in [0, 0.1) is 0 Å². The molecule has 1 saturated heterocycles. The summed E-state index contributed by atoms with van der Waals surface area (Å²) < 4.78 is 0. The van der Waals surface area contributed by atoms with Crippen LogP contribution in [0.2, 0.25) is 0 Å². The summed E-state index contributed by atoms with van der Waals surface area (Å²) in [4.78, 5) is 67.2. The molecule has 260 valence electrons. The van der Waals surface area contributed by atoms with E-state index in [9.17, 15) is 29.1 Å². The number of hydrogen-bond donors (Lipinski definition) is 7. The van der Waals surface area contributed by atoms with E-state index >= 15 is 0 Å². The molecule has 4 unspecified atom stereocenters. The van der Waals surface area contributed by atoms with Gasteiger partial charge in [0.2, 0.25) is 23.6 Å². The van der Waals surface area contributed by atoms with E-state index in [0.29, 0.717) is 25.8 Å². The van der Waals surface area contributed by atoms with Crippen LogP contribution in [-0.4, -0.2) is 88.9 Å². The number of benzene rings is 2. The zero-order valence-electron chi connectivity index (χ0n) is 27.3. The summed E-state index contributed by atoms with van der Waals surface area (Å²) in [5.41, 5.74) is 18.1. The van der Waals surface area contributed by atoms with E-state index in [1.807, 2.05) is 60.7 Å². The molecule has 4 amide bonds. The molecule has 0 saturated carbocycles. The van der Waals surface area contributed by atoms with Gasteiger partial charge in [0.1, 0.15) is 23.7 Å². The third kappa shape index (κ3) is 11.3. The van der Waals surface area contributed by atoms with Crippen LogP contribution in [0.4, 0.5) is 0 Å². The number of nitrogens with one attached hydrogen (secondary N) is 3. The highest BCUT2D eigenvalue weighted by Gasteiger charge is 2.40. The van der Waals surface area contributed by atoms with Crippen molar-refractivity contribution < 1.29 is 29.1 Å². The lowest BCUT2D eigenvalue weighted by Crippen LogP contribution is -2.60. The monoisotopic (exact) mass is 663 g/mol. The van der Waals surface area contributed by atoms with Crippen molar-refractivity contribution in [2.45, 2.75) is 81.1 Å². The molecule has 10 N–H and O–H groups in total. The first-order valence-electron chi connectivity index (χ1n) is 16.3. The number of carboxylic acids is 1. The Bertz CT molecular complexity index is 1380. The Kier molecular flexibility index (Phi) is 14.7. The summed E-state index contributed by atoms with van der Waals surface area (Å²) >= 11 is 0. The first-order chi connectivity index (χ1) is 23.0. The number of carbonyl (C=O) groups excluding carboxylic acids is 4. The number of aliphatic carboxylic acids is 1. The van der Waals surface area contributed by atoms with Gasteiger partial charge in [0.25, 0.3) is 0 Å². The number of piperidine rings is 1. The van der Waals surface area contributed by atoms with Crippen LogP contribution >= 0.6 is 0 Å². The first-order valence-corrected chi connectivity index (χ1v) is 16.3. The fourth-order valence-electron chi connectivity index (χ4n) is 5.55. The fourth-order valence-corrected chi connectivity index (χ4v) is 5.55. The zero-order chi connectivity index (χ0) is 35.1. The number of nitrogens with two attached hydrogens (primary N) is 3. The van der Waals surface area contributed by atoms with Crippen LogP contribution in [0.25, 0.3) is 0 Å². The van der Waals surface area contributed by atoms with Gasteiger partial charge >= 0.3 is 5.97 Å². The van der Waals surface area contributed by atoms with E-state index in [1.165, 1.54) is 11.0 Å². The molecule has 0 radical (unpaired) electrons. The highest BCUT2D eigenvalue weighted by atomic mass is 16.4. The van der Waals surface area contributed by atoms with Gasteiger partial charge in [-0.15, -0.1) is 6.58 Å². The minimum absolute atomic E-state index is 0.0544. The Hall–Kier alpha value is -4.59. The molecular formula is C35H49N7O6. The summed E-state index contributed by atoms with van der Waals surface area (Å²) in [6.07, 6.45) is 3.60. The molecule has 1 fully saturated rings. The van der Waals surface area contributed by atoms with Crippen LogP contribution in [0.5, 0.6) is 0 Å². The minimum Gasteiger partial charge on any atom is -0.480 e. The van der Waals surface area contributed by atoms with E-state index < -0.39 is 53.4 Å². The first kappa shape index (κ1) is 37.9. The topological polar surface area (TPSA) is 223 Å². The van der Waals surface area contributed by atoms with Crippen molar-refractivity contribution in [2.75, 3.05) is 19.6 Å². The van der Waals surface area contributed by atoms with E-state index in [2.05, 4.69) is 22.5 Å². The van der Waals surface area contributed by atoms with Gasteiger partial charge in [-0.25, -0.2) is 0 Å². The number of nitrogens with zero attached hydrogens (tertiary/aromatic N) is 1. The lowest BCUT2D eigenvalue weighted by molar-refractivity contribution is -0.148. The van der Waals surface area contributed by atoms with Crippen molar-refractivity contribution in [3.05, 3.63) is 84.4 Å². The Morgan fingerprint density at radius 3 is 1.88 bits per heavy atom. The molecule has 0 bridgehead atoms. The molecular weight excluding hydrogens is 614 g/mol. The van der Waals surface area contributed by atoms with Crippen molar-refractivity contribution in [1.29, 1.82) is 0 Å². The number of unbranched alkanes of at least 4 members (excludes halogenated alkanes) is 1. The second-order valence-corrected chi connectivity index (χ2v) is 12.3. The van der Waals surface area contributed by atoms with E-state index in [-0.39, 0.29) is 51.1 Å². The molecule has 2 aromatic carbocycles. The van der Waals surface area contributed by atoms with Crippen LogP contribution < -0.4 is 33.2 Å². The second-order valence-electron chi connectivity index (χ2n) is 12.3. The second kappa shape index (κ2) is 18.7. The summed E-state index contributed by atoms with van der Waals surface area (Å²) in [7, 11) is 0. The van der Waals surface area contributed by atoms with Crippen molar-refractivity contribution in [1.82, 2.24) is 20.9 Å². The lowest BCUT2D eigenvalue weighted by Gasteiger charge is -2.38. The maximum Gasteiger partial charge on any atom is 0.323 e. The zero-order valence-corrected chi connectivity index (χ0v) is 27.3. The normalized spacial score (nSPS) is 16.4. The molecule has 0 spiro atoms. The van der Waals surface area contributed by atoms with Gasteiger partial charge in [-0.1, -0.05) is 66.7 Å². The molecule has 0 aliphatic carbocycles. The standard InChI is InChI=1S/C35H49N7O6/c1-2-11-27(31(44)40-28(16-9-10-19-36)33(46)42-20-17-35(38,18-21-42)34(47)48)39-32(45)29(23-25-14-7-4-8-15-25)41-30(43)26(37)22-24-12-5-3-6-13-24/h2-8,12-15,26-29H,1,9-11,16-23,36-38H2,(H,39,45)(H,40,44)(H,41,43)(H,47,48). The average molecular weight is 664 g/mol. The Labute approximate surface area is 281 Å². The molecule has 1 aliphatic rings. The average Bonchev–Trinajstić information content (AvgIpc) is 3.08. The van der Waals surface area contributed by atoms with Crippen LogP contribution in [-0.2, 0) is 36.8 Å². The number of carboxylic acid groups (broad SMARTS) is 1. The summed E-state index contributed by atoms with van der Waals surface area (Å²) in [5.74, 6) is -3.20. The van der Waals surface area contributed by atoms with Gasteiger partial charge in [-0.05, 0) is 62.6 Å². The molecule has 13 nitrogen and oxygen atoms in total. The van der Waals surface area contributed by atoms with Gasteiger partial charge in [0.15, 0.2) is 0 Å². The summed E-state index contributed by atoms with van der Waals surface area (Å²) in [5, 5.41) is 17.8. The minimum atomic E-state index is -1.41. The van der Waals surface area contributed by atoms with E-state index in [1.54, 1.807) is 0 Å². The third-order valence-corrected chi connectivity index (χ3v) is 8.54. The smallest absolute Gasteiger partial charge is 0.323 e. The molecule has 1 aliphatic heterocycles. The van der Waals surface area contributed by atoms with Crippen LogP contribution in [0.15, 0.2) is 73.3 Å². The lowest BCUT2D eigenvalue weighted by atomic mass is 9.88. The van der Waals surface area contributed by atoms with Crippen LogP contribution in [0.3, 0.4) is 0 Å². The Balaban J connectivity index is 1.74.